The van der Waals surface area contributed by atoms with Gasteiger partial charge in [0.25, 0.3) is 5.56 Å². The predicted octanol–water partition coefficient (Wildman–Crippen LogP) is 2.81. The highest BCUT2D eigenvalue weighted by molar-refractivity contribution is 9.10. The zero-order valence-electron chi connectivity index (χ0n) is 15.8. The van der Waals surface area contributed by atoms with Crippen LogP contribution < -0.4 is 21.4 Å². The summed E-state index contributed by atoms with van der Waals surface area (Å²) in [6.45, 7) is 9.72. The van der Waals surface area contributed by atoms with E-state index in [1.165, 1.54) is 16.8 Å². The smallest absolute Gasteiger partial charge is 0.335 e. The molecule has 144 valence electrons. The number of hydrogen-bond donors (Lipinski definition) is 3. The summed E-state index contributed by atoms with van der Waals surface area (Å²) in [6, 6.07) is 8.55. The van der Waals surface area contributed by atoms with Crippen molar-refractivity contribution in [2.45, 2.75) is 20.8 Å². The Labute approximate surface area is 169 Å². The maximum Gasteiger partial charge on any atom is 0.335 e. The van der Waals surface area contributed by atoms with Crippen molar-refractivity contribution < 1.29 is 9.90 Å². The molecule has 0 saturated carbocycles. The van der Waals surface area contributed by atoms with E-state index in [9.17, 15) is 9.59 Å². The van der Waals surface area contributed by atoms with Crippen molar-refractivity contribution >= 4 is 40.4 Å². The number of aromatic carboxylic acids is 1. The van der Waals surface area contributed by atoms with Crippen LogP contribution in [-0.2, 0) is 0 Å². The normalized spacial score (nSPS) is 11.6. The number of hydrogen-bond acceptors (Lipinski definition) is 3. The highest BCUT2D eigenvalue weighted by atomic mass is 79.9. The zero-order valence-corrected chi connectivity index (χ0v) is 17.3. The Hall–Kier alpha value is -3.06. The van der Waals surface area contributed by atoms with Crippen molar-refractivity contribution in [3.8, 4) is 5.69 Å². The molecule has 0 saturated heterocycles. The first-order valence-electron chi connectivity index (χ1n) is 8.57. The summed E-state index contributed by atoms with van der Waals surface area (Å²) >= 11 is 3.50. The number of benzene rings is 2. The Bertz CT molecular complexity index is 1260. The minimum absolute atomic E-state index is 0.170. The molecule has 6 nitrogen and oxygen atoms in total. The van der Waals surface area contributed by atoms with E-state index in [1.54, 1.807) is 12.3 Å². The highest BCUT2D eigenvalue weighted by Gasteiger charge is 2.11. The minimum Gasteiger partial charge on any atom is -0.478 e. The van der Waals surface area contributed by atoms with Gasteiger partial charge >= 0.3 is 5.97 Å². The van der Waals surface area contributed by atoms with Gasteiger partial charge in [0.1, 0.15) is 0 Å². The molecule has 0 radical (unpaired) electrons. The molecule has 0 spiro atoms. The number of aromatic nitrogens is 2. The molecule has 0 amide bonds. The van der Waals surface area contributed by atoms with Gasteiger partial charge in [-0.05, 0) is 61.7 Å². The maximum atomic E-state index is 12.9. The second-order valence-corrected chi connectivity index (χ2v) is 7.44. The van der Waals surface area contributed by atoms with Crippen molar-refractivity contribution in [2.24, 2.45) is 0 Å². The van der Waals surface area contributed by atoms with Gasteiger partial charge in [0, 0.05) is 16.4 Å². The van der Waals surface area contributed by atoms with Gasteiger partial charge in [0.2, 0.25) is 0 Å². The van der Waals surface area contributed by atoms with Crippen molar-refractivity contribution in [1.29, 1.82) is 0 Å². The summed E-state index contributed by atoms with van der Waals surface area (Å²) in [4.78, 5) is 24.1. The molecule has 1 heterocycles. The molecule has 1 aromatic heterocycles. The molecule has 3 rings (SSSR count). The van der Waals surface area contributed by atoms with Crippen LogP contribution in [0.25, 0.3) is 18.5 Å². The molecule has 0 atom stereocenters. The molecule has 0 fully saturated rings. The van der Waals surface area contributed by atoms with Gasteiger partial charge in [0.15, 0.2) is 0 Å². The molecule has 0 bridgehead atoms. The average molecular weight is 442 g/mol. The van der Waals surface area contributed by atoms with Crippen LogP contribution in [0, 0.1) is 20.8 Å². The lowest BCUT2D eigenvalue weighted by atomic mass is 10.1. The summed E-state index contributed by atoms with van der Waals surface area (Å²) in [5.41, 5.74) is 4.18. The molecule has 0 aliphatic carbocycles. The van der Waals surface area contributed by atoms with E-state index in [0.717, 1.165) is 26.9 Å². The fourth-order valence-electron chi connectivity index (χ4n) is 2.89. The van der Waals surface area contributed by atoms with Crippen LogP contribution in [0.2, 0.25) is 0 Å². The third-order valence-electron chi connectivity index (χ3n) is 4.80. The molecular weight excluding hydrogens is 422 g/mol. The molecule has 0 aliphatic rings. The van der Waals surface area contributed by atoms with Gasteiger partial charge in [-0.1, -0.05) is 28.6 Å². The fraction of sp³-hybridized carbons (Fsp3) is 0.143. The number of carboxylic acids is 1. The van der Waals surface area contributed by atoms with E-state index in [0.29, 0.717) is 16.3 Å². The topological polar surface area (TPSA) is 87.1 Å². The number of halogens is 1. The van der Waals surface area contributed by atoms with Crippen molar-refractivity contribution in [3.05, 3.63) is 78.0 Å². The Kier molecular flexibility index (Phi) is 5.29. The zero-order chi connectivity index (χ0) is 20.6. The number of rotatable bonds is 4. The van der Waals surface area contributed by atoms with Gasteiger partial charge in [-0.25, -0.2) is 9.48 Å². The predicted molar refractivity (Wildman–Crippen MR) is 115 cm³/mol. The number of H-pyrrole nitrogens is 1. The number of carbonyl (C=O) groups is 1. The molecular formula is C21H20BrN3O3. The lowest BCUT2D eigenvalue weighted by Crippen LogP contribution is -2.35. The van der Waals surface area contributed by atoms with Crippen LogP contribution in [0.4, 0.5) is 5.69 Å². The summed E-state index contributed by atoms with van der Waals surface area (Å²) in [5, 5.41) is 16.0. The van der Waals surface area contributed by atoms with Crippen molar-refractivity contribution in [1.82, 2.24) is 9.78 Å². The Morgan fingerprint density at radius 1 is 1.21 bits per heavy atom. The van der Waals surface area contributed by atoms with Crippen LogP contribution in [0.5, 0.6) is 0 Å². The van der Waals surface area contributed by atoms with E-state index in [-0.39, 0.29) is 11.1 Å². The lowest BCUT2D eigenvalue weighted by Gasteiger charge is -2.10. The van der Waals surface area contributed by atoms with Crippen LogP contribution in [0.1, 0.15) is 27.0 Å². The van der Waals surface area contributed by atoms with Crippen LogP contribution >= 0.6 is 15.9 Å². The van der Waals surface area contributed by atoms with Gasteiger partial charge < -0.3 is 10.4 Å². The van der Waals surface area contributed by atoms with Crippen LogP contribution in [0.3, 0.4) is 0 Å². The molecule has 7 heteroatoms. The van der Waals surface area contributed by atoms with Gasteiger partial charge in [0.05, 0.1) is 21.8 Å². The van der Waals surface area contributed by atoms with Crippen molar-refractivity contribution in [3.63, 3.8) is 0 Å². The van der Waals surface area contributed by atoms with E-state index in [2.05, 4.69) is 32.9 Å². The first-order valence-corrected chi connectivity index (χ1v) is 9.36. The Balaban J connectivity index is 2.08. The van der Waals surface area contributed by atoms with E-state index >= 15 is 0 Å². The van der Waals surface area contributed by atoms with Crippen molar-refractivity contribution in [2.75, 3.05) is 5.32 Å². The minimum atomic E-state index is -1.01. The average Bonchev–Trinajstić information content (AvgIpc) is 2.93. The van der Waals surface area contributed by atoms with E-state index in [4.69, 9.17) is 5.11 Å². The number of aromatic amines is 1. The number of nitrogens with zero attached hydrogens (tertiary/aromatic N) is 1. The number of nitrogens with one attached hydrogen (secondary N) is 2. The second-order valence-electron chi connectivity index (χ2n) is 6.58. The molecule has 0 unspecified atom stereocenters. The largest absolute Gasteiger partial charge is 0.478 e. The summed E-state index contributed by atoms with van der Waals surface area (Å²) in [5.74, 6) is -1.01. The Morgan fingerprint density at radius 2 is 1.93 bits per heavy atom. The lowest BCUT2D eigenvalue weighted by molar-refractivity contribution is 0.0697. The van der Waals surface area contributed by atoms with Crippen LogP contribution in [0.15, 0.2) is 39.6 Å². The van der Waals surface area contributed by atoms with E-state index in [1.807, 2.05) is 32.9 Å². The number of anilines is 1. The monoisotopic (exact) mass is 441 g/mol. The summed E-state index contributed by atoms with van der Waals surface area (Å²) < 4.78 is 2.44. The first kappa shape index (κ1) is 19.7. The quantitative estimate of drug-likeness (QED) is 0.580. The standard InChI is InChI=1S/C21H20BrN3O3/c1-11-5-6-15(21(27)28)9-18(11)23-10-16-14(4)24-25(20(16)26)19-8-7-17(22)12(2)13(19)3/h5-10,23-24H,4H2,1-3H3,(H,27,28). The molecule has 3 N–H and O–H groups in total. The number of carboxylic acid groups (broad SMARTS) is 1. The molecule has 28 heavy (non-hydrogen) atoms. The number of aryl methyl sites for hydroxylation is 1. The Morgan fingerprint density at radius 3 is 2.61 bits per heavy atom. The second kappa shape index (κ2) is 7.52. The fourth-order valence-corrected chi connectivity index (χ4v) is 3.32. The third kappa shape index (κ3) is 3.53. The van der Waals surface area contributed by atoms with Gasteiger partial charge in [-0.15, -0.1) is 0 Å². The maximum absolute atomic E-state index is 12.9. The first-order chi connectivity index (χ1) is 13.2. The van der Waals surface area contributed by atoms with E-state index < -0.39 is 5.97 Å². The SMILES string of the molecule is C=c1[nH]n(-c2ccc(Br)c(C)c2C)c(=O)c1=CNc1cc(C(=O)O)ccc1C. The van der Waals surface area contributed by atoms with Crippen LogP contribution in [-0.4, -0.2) is 20.9 Å². The molecule has 2 aromatic carbocycles. The third-order valence-corrected chi connectivity index (χ3v) is 5.65. The highest BCUT2D eigenvalue weighted by Crippen LogP contribution is 2.23. The van der Waals surface area contributed by atoms with Gasteiger partial charge in [-0.2, -0.15) is 0 Å². The summed E-state index contributed by atoms with van der Waals surface area (Å²) in [6.07, 6.45) is 1.55. The van der Waals surface area contributed by atoms with Gasteiger partial charge in [-0.3, -0.25) is 9.89 Å². The molecule has 0 aliphatic heterocycles. The summed E-state index contributed by atoms with van der Waals surface area (Å²) in [7, 11) is 0. The molecule has 3 aromatic rings.